The van der Waals surface area contributed by atoms with Crippen LogP contribution >= 0.6 is 11.6 Å². The van der Waals surface area contributed by atoms with E-state index in [0.29, 0.717) is 28.0 Å². The van der Waals surface area contributed by atoms with Crippen LogP contribution in [0.5, 0.6) is 0 Å². The summed E-state index contributed by atoms with van der Waals surface area (Å²) in [6.07, 6.45) is 4.43. The lowest BCUT2D eigenvalue weighted by Crippen LogP contribution is -2.54. The fourth-order valence-electron chi connectivity index (χ4n) is 5.25. The molecule has 1 atom stereocenters. The molecule has 3 aromatic rings. The number of carbonyl (C=O) groups is 1. The van der Waals surface area contributed by atoms with Crippen molar-refractivity contribution in [2.75, 3.05) is 25.0 Å². The lowest BCUT2D eigenvalue weighted by molar-refractivity contribution is -0.140. The Labute approximate surface area is 204 Å². The Kier molecular flexibility index (Phi) is 6.49. The first-order valence-corrected chi connectivity index (χ1v) is 12.4. The Morgan fingerprint density at radius 1 is 1.24 bits per heavy atom. The van der Waals surface area contributed by atoms with Gasteiger partial charge < -0.3 is 14.6 Å². The molecule has 0 unspecified atom stereocenters. The summed E-state index contributed by atoms with van der Waals surface area (Å²) < 4.78 is 19.2. The van der Waals surface area contributed by atoms with Crippen molar-refractivity contribution in [3.05, 3.63) is 52.3 Å². The van der Waals surface area contributed by atoms with E-state index in [2.05, 4.69) is 27.0 Å². The van der Waals surface area contributed by atoms with Crippen molar-refractivity contribution in [1.82, 2.24) is 14.8 Å². The van der Waals surface area contributed by atoms with Crippen LogP contribution in [0.2, 0.25) is 5.02 Å². The maximum atomic E-state index is 13.5. The smallest absolute Gasteiger partial charge is 0.300 e. The van der Waals surface area contributed by atoms with Crippen LogP contribution in [0.1, 0.15) is 43.7 Å². The van der Waals surface area contributed by atoms with Crippen molar-refractivity contribution in [3.8, 4) is 0 Å². The average Bonchev–Trinajstić information content (AvgIpc) is 3.46. The Morgan fingerprint density at radius 2 is 2.03 bits per heavy atom. The Morgan fingerprint density at radius 3 is 2.79 bits per heavy atom. The van der Waals surface area contributed by atoms with Gasteiger partial charge in [-0.25, -0.2) is 4.39 Å². The number of anilines is 2. The van der Waals surface area contributed by atoms with Crippen LogP contribution in [0.15, 0.2) is 34.7 Å². The summed E-state index contributed by atoms with van der Waals surface area (Å²) in [6.45, 7) is 7.38. The third-order valence-electron chi connectivity index (χ3n) is 7.17. The minimum Gasteiger partial charge on any atom is -0.423 e. The number of amides is 1. The maximum Gasteiger partial charge on any atom is 0.300 e. The fourth-order valence-corrected chi connectivity index (χ4v) is 5.49. The van der Waals surface area contributed by atoms with Crippen LogP contribution < -0.4 is 5.32 Å². The van der Waals surface area contributed by atoms with E-state index in [1.807, 2.05) is 19.1 Å². The summed E-state index contributed by atoms with van der Waals surface area (Å²) in [7, 11) is 0. The number of oxazole rings is 1. The molecule has 34 heavy (non-hydrogen) atoms. The van der Waals surface area contributed by atoms with Crippen molar-refractivity contribution >= 4 is 40.3 Å². The third kappa shape index (κ3) is 4.77. The second-order valence-corrected chi connectivity index (χ2v) is 10.0. The first-order valence-electron chi connectivity index (χ1n) is 12.0. The van der Waals surface area contributed by atoms with Gasteiger partial charge in [0.1, 0.15) is 11.3 Å². The average molecular weight is 485 g/mol. The largest absolute Gasteiger partial charge is 0.423 e. The Bertz CT molecular complexity index is 1210. The predicted octanol–water partition coefficient (Wildman–Crippen LogP) is 5.90. The number of nitrogens with one attached hydrogen (secondary N) is 1. The van der Waals surface area contributed by atoms with Gasteiger partial charge in [-0.3, -0.25) is 9.69 Å². The molecule has 0 radical (unpaired) electrons. The number of hydrogen-bond donors (Lipinski definition) is 1. The molecule has 1 aromatic heterocycles. The number of carbonyl (C=O) groups excluding carboxylic acids is 1. The van der Waals surface area contributed by atoms with Gasteiger partial charge >= 0.3 is 0 Å². The molecule has 1 aliphatic heterocycles. The summed E-state index contributed by atoms with van der Waals surface area (Å²) in [4.78, 5) is 21.8. The zero-order chi connectivity index (χ0) is 23.8. The molecule has 5 rings (SSSR count). The lowest BCUT2D eigenvalue weighted by atomic mass is 10.0. The highest BCUT2D eigenvalue weighted by molar-refractivity contribution is 6.31. The van der Waals surface area contributed by atoms with Crippen molar-refractivity contribution < 1.29 is 13.6 Å². The van der Waals surface area contributed by atoms with Gasteiger partial charge in [0.2, 0.25) is 5.91 Å². The molecule has 8 heteroatoms. The topological polar surface area (TPSA) is 61.6 Å². The molecular formula is C26H30ClFN4O2. The molecule has 1 amide bonds. The third-order valence-corrected chi connectivity index (χ3v) is 7.38. The summed E-state index contributed by atoms with van der Waals surface area (Å²) in [5, 5.41) is 3.82. The zero-order valence-corrected chi connectivity index (χ0v) is 20.4. The monoisotopic (exact) mass is 484 g/mol. The molecular weight excluding hydrogens is 455 g/mol. The Balaban J connectivity index is 1.28. The molecule has 1 N–H and O–H groups in total. The Hall–Kier alpha value is -2.64. The summed E-state index contributed by atoms with van der Waals surface area (Å²) in [5.41, 5.74) is 3.94. The molecule has 2 aliphatic rings. The SMILES string of the molecule is Cc1c(CN2CCN(C(=O)C3CCCC3)[C@@H](C)C2)cc(Cl)cc1Nc1nc2ccc(F)cc2o1. The molecule has 0 spiro atoms. The molecule has 180 valence electrons. The molecule has 2 fully saturated rings. The number of nitrogens with zero attached hydrogens (tertiary/aromatic N) is 3. The normalized spacial score (nSPS) is 19.8. The van der Waals surface area contributed by atoms with Gasteiger partial charge in [-0.1, -0.05) is 24.4 Å². The summed E-state index contributed by atoms with van der Waals surface area (Å²) in [6, 6.07) is 8.60. The van der Waals surface area contributed by atoms with E-state index in [-0.39, 0.29) is 17.8 Å². The van der Waals surface area contributed by atoms with E-state index in [1.165, 1.54) is 25.0 Å². The van der Waals surface area contributed by atoms with Gasteiger partial charge in [0.05, 0.1) is 0 Å². The van der Waals surface area contributed by atoms with E-state index >= 15 is 0 Å². The zero-order valence-electron chi connectivity index (χ0n) is 19.6. The highest BCUT2D eigenvalue weighted by Crippen LogP contribution is 2.31. The van der Waals surface area contributed by atoms with Crippen molar-refractivity contribution in [2.45, 2.75) is 52.1 Å². The number of benzene rings is 2. The highest BCUT2D eigenvalue weighted by Gasteiger charge is 2.33. The second kappa shape index (κ2) is 9.55. The molecule has 1 saturated heterocycles. The minimum absolute atomic E-state index is 0.194. The minimum atomic E-state index is -0.365. The lowest BCUT2D eigenvalue weighted by Gasteiger charge is -2.41. The van der Waals surface area contributed by atoms with Crippen molar-refractivity contribution in [1.29, 1.82) is 0 Å². The van der Waals surface area contributed by atoms with E-state index in [0.717, 1.165) is 55.8 Å². The van der Waals surface area contributed by atoms with Gasteiger partial charge in [-0.15, -0.1) is 0 Å². The van der Waals surface area contributed by atoms with Crippen molar-refractivity contribution in [2.24, 2.45) is 5.92 Å². The molecule has 1 aliphatic carbocycles. The first kappa shape index (κ1) is 23.1. The first-order chi connectivity index (χ1) is 16.4. The van der Waals surface area contributed by atoms with E-state index in [4.69, 9.17) is 16.0 Å². The number of hydrogen-bond acceptors (Lipinski definition) is 5. The van der Waals surface area contributed by atoms with Gasteiger partial charge in [-0.2, -0.15) is 4.98 Å². The highest BCUT2D eigenvalue weighted by atomic mass is 35.5. The van der Waals surface area contributed by atoms with Crippen LogP contribution in [0.25, 0.3) is 11.1 Å². The molecule has 0 bridgehead atoms. The van der Waals surface area contributed by atoms with Crippen LogP contribution in [0.3, 0.4) is 0 Å². The van der Waals surface area contributed by atoms with Gasteiger partial charge in [0.25, 0.3) is 6.01 Å². The van der Waals surface area contributed by atoms with Gasteiger partial charge in [-0.05, 0) is 62.1 Å². The van der Waals surface area contributed by atoms with Crippen molar-refractivity contribution in [3.63, 3.8) is 0 Å². The van der Waals surface area contributed by atoms with Gasteiger partial charge in [0.15, 0.2) is 5.58 Å². The van der Waals surface area contributed by atoms with E-state index in [9.17, 15) is 9.18 Å². The van der Waals surface area contributed by atoms with Crippen LogP contribution in [-0.4, -0.2) is 46.4 Å². The number of piperazine rings is 1. The van der Waals surface area contributed by atoms with Gasteiger partial charge in [0, 0.05) is 54.9 Å². The van der Waals surface area contributed by atoms with Crippen LogP contribution in [0, 0.1) is 18.7 Å². The molecule has 2 aromatic carbocycles. The second-order valence-electron chi connectivity index (χ2n) is 9.59. The van der Waals surface area contributed by atoms with Crippen LogP contribution in [0.4, 0.5) is 16.1 Å². The molecule has 6 nitrogen and oxygen atoms in total. The number of aromatic nitrogens is 1. The van der Waals surface area contributed by atoms with E-state index in [1.54, 1.807) is 6.07 Å². The molecule has 1 saturated carbocycles. The standard InChI is InChI=1S/C26H30ClFN4O2/c1-16-14-31(9-10-32(16)25(33)18-5-3-4-6-18)15-19-11-20(27)12-23(17(19)2)30-26-29-22-8-7-21(28)13-24(22)34-26/h7-8,11-13,16,18H,3-6,9-10,14-15H2,1-2H3,(H,29,30)/t16-/m0/s1. The number of rotatable bonds is 5. The number of fused-ring (bicyclic) bond motifs is 1. The van der Waals surface area contributed by atoms with Crippen LogP contribution in [-0.2, 0) is 11.3 Å². The molecule has 2 heterocycles. The summed E-state index contributed by atoms with van der Waals surface area (Å²) >= 11 is 6.46. The summed E-state index contributed by atoms with van der Waals surface area (Å²) in [5.74, 6) is 0.199. The quantitative estimate of drug-likeness (QED) is 0.489. The predicted molar refractivity (Wildman–Crippen MR) is 132 cm³/mol. The fraction of sp³-hybridized carbons (Fsp3) is 0.462. The maximum absolute atomic E-state index is 13.5. The van der Waals surface area contributed by atoms with E-state index < -0.39 is 0 Å². The number of halogens is 2.